The Labute approximate surface area is 68.8 Å². The smallest absolute Gasteiger partial charge is 0.0576 e. The molecular weight excluding hydrogens is 136 g/mol. The van der Waals surface area contributed by atoms with Crippen LogP contribution in [0.15, 0.2) is 0 Å². The van der Waals surface area contributed by atoms with Gasteiger partial charge in [0, 0.05) is 0 Å². The summed E-state index contributed by atoms with van der Waals surface area (Å²) in [6, 6.07) is 0. The molecule has 0 heterocycles. The highest BCUT2D eigenvalue weighted by atomic mass is 16.3. The predicted octanol–water partition coefficient (Wildman–Crippen LogP) is 2.05. The van der Waals surface area contributed by atoms with Crippen LogP contribution in [0.1, 0.15) is 33.6 Å². The van der Waals surface area contributed by atoms with Crippen LogP contribution >= 0.6 is 0 Å². The molecule has 3 aliphatic carbocycles. The fourth-order valence-corrected chi connectivity index (χ4v) is 3.32. The van der Waals surface area contributed by atoms with Gasteiger partial charge in [-0.25, -0.2) is 0 Å². The topological polar surface area (TPSA) is 20.2 Å². The van der Waals surface area contributed by atoms with Crippen molar-refractivity contribution in [1.29, 1.82) is 0 Å². The van der Waals surface area contributed by atoms with E-state index in [1.807, 2.05) is 0 Å². The highest BCUT2D eigenvalue weighted by Crippen LogP contribution is 2.61. The van der Waals surface area contributed by atoms with Crippen molar-refractivity contribution in [3.63, 3.8) is 0 Å². The molecule has 0 aromatic heterocycles. The van der Waals surface area contributed by atoms with Crippen molar-refractivity contribution in [3.8, 4) is 0 Å². The number of fused-ring (bicyclic) bond motifs is 2. The Hall–Kier alpha value is -0.0400. The quantitative estimate of drug-likeness (QED) is 0.566. The molecule has 0 amide bonds. The number of hydrogen-bond acceptors (Lipinski definition) is 1. The van der Waals surface area contributed by atoms with Gasteiger partial charge < -0.3 is 5.11 Å². The maximum atomic E-state index is 9.72. The summed E-state index contributed by atoms with van der Waals surface area (Å²) >= 11 is 0. The first kappa shape index (κ1) is 7.60. The number of aliphatic hydroxyl groups is 1. The van der Waals surface area contributed by atoms with Crippen LogP contribution in [0.4, 0.5) is 0 Å². The Morgan fingerprint density at radius 1 is 1.18 bits per heavy atom. The largest absolute Gasteiger partial charge is 0.393 e. The van der Waals surface area contributed by atoms with Crippen LogP contribution in [-0.4, -0.2) is 11.2 Å². The van der Waals surface area contributed by atoms with E-state index in [9.17, 15) is 5.11 Å². The normalized spacial score (nSPS) is 53.5. The Balaban J connectivity index is 2.20. The zero-order chi connectivity index (χ0) is 8.22. The molecule has 2 bridgehead atoms. The van der Waals surface area contributed by atoms with Crippen LogP contribution in [-0.2, 0) is 0 Å². The Kier molecular flexibility index (Phi) is 1.39. The fourth-order valence-electron chi connectivity index (χ4n) is 3.32. The number of hydrogen-bond donors (Lipinski definition) is 1. The molecular formula is C10H18O. The molecule has 1 N–H and O–H groups in total. The van der Waals surface area contributed by atoms with Crippen LogP contribution in [0, 0.1) is 23.2 Å². The van der Waals surface area contributed by atoms with E-state index in [2.05, 4.69) is 20.8 Å². The molecule has 0 radical (unpaired) electrons. The lowest BCUT2D eigenvalue weighted by Crippen LogP contribution is -2.57. The fraction of sp³-hybridized carbons (Fsp3) is 1.00. The van der Waals surface area contributed by atoms with Crippen molar-refractivity contribution >= 4 is 0 Å². The van der Waals surface area contributed by atoms with Gasteiger partial charge in [0.1, 0.15) is 0 Å². The average molecular weight is 154 g/mol. The van der Waals surface area contributed by atoms with Gasteiger partial charge in [-0.15, -0.1) is 0 Å². The predicted molar refractivity (Wildman–Crippen MR) is 45.2 cm³/mol. The van der Waals surface area contributed by atoms with Crippen molar-refractivity contribution in [2.75, 3.05) is 0 Å². The van der Waals surface area contributed by atoms with Gasteiger partial charge in [-0.05, 0) is 36.0 Å². The van der Waals surface area contributed by atoms with Crippen molar-refractivity contribution < 1.29 is 5.11 Å². The first-order chi connectivity index (χ1) is 5.03. The monoisotopic (exact) mass is 154 g/mol. The third-order valence-electron chi connectivity index (χ3n) is 4.18. The van der Waals surface area contributed by atoms with Crippen LogP contribution in [0.3, 0.4) is 0 Å². The van der Waals surface area contributed by atoms with Gasteiger partial charge in [0.2, 0.25) is 0 Å². The Bertz CT molecular complexity index is 158. The lowest BCUT2D eigenvalue weighted by molar-refractivity contribution is -0.167. The molecule has 1 heteroatoms. The van der Waals surface area contributed by atoms with E-state index in [4.69, 9.17) is 0 Å². The summed E-state index contributed by atoms with van der Waals surface area (Å²) in [5, 5.41) is 9.72. The summed E-state index contributed by atoms with van der Waals surface area (Å²) in [6.07, 6.45) is 2.30. The molecule has 3 rings (SSSR count). The zero-order valence-electron chi connectivity index (χ0n) is 7.67. The van der Waals surface area contributed by atoms with Crippen molar-refractivity contribution in [1.82, 2.24) is 0 Å². The van der Waals surface area contributed by atoms with Gasteiger partial charge in [-0.3, -0.25) is 0 Å². The van der Waals surface area contributed by atoms with Crippen LogP contribution in [0.5, 0.6) is 0 Å². The van der Waals surface area contributed by atoms with Gasteiger partial charge in [0.25, 0.3) is 0 Å². The average Bonchev–Trinajstić information content (AvgIpc) is 1.84. The molecule has 4 atom stereocenters. The van der Waals surface area contributed by atoms with E-state index < -0.39 is 0 Å². The van der Waals surface area contributed by atoms with Gasteiger partial charge in [0.15, 0.2) is 0 Å². The molecule has 0 aromatic carbocycles. The van der Waals surface area contributed by atoms with E-state index in [1.54, 1.807) is 0 Å². The molecule has 0 spiro atoms. The minimum Gasteiger partial charge on any atom is -0.393 e. The summed E-state index contributed by atoms with van der Waals surface area (Å²) in [4.78, 5) is 0. The molecule has 0 saturated heterocycles. The second-order valence-electron chi connectivity index (χ2n) is 5.05. The molecule has 3 fully saturated rings. The van der Waals surface area contributed by atoms with Gasteiger partial charge in [-0.1, -0.05) is 20.8 Å². The van der Waals surface area contributed by atoms with E-state index in [0.717, 1.165) is 18.3 Å². The lowest BCUT2D eigenvalue weighted by Gasteiger charge is -2.61. The molecule has 1 nitrogen and oxygen atoms in total. The van der Waals surface area contributed by atoms with Gasteiger partial charge >= 0.3 is 0 Å². The molecule has 0 aromatic rings. The first-order valence-electron chi connectivity index (χ1n) is 4.71. The maximum Gasteiger partial charge on any atom is 0.0576 e. The minimum atomic E-state index is -0.00926. The van der Waals surface area contributed by atoms with E-state index >= 15 is 0 Å². The third-order valence-corrected chi connectivity index (χ3v) is 4.18. The molecule has 64 valence electrons. The molecule has 11 heavy (non-hydrogen) atoms. The highest BCUT2D eigenvalue weighted by Gasteiger charge is 2.56. The highest BCUT2D eigenvalue weighted by molar-refractivity contribution is 5.05. The van der Waals surface area contributed by atoms with E-state index in [0.29, 0.717) is 11.3 Å². The summed E-state index contributed by atoms with van der Waals surface area (Å²) in [5.74, 6) is 2.23. The SMILES string of the molecule is C[C@@H]1CC(O)[C@H]2CC1C2(C)C. The standard InChI is InChI=1S/C10H18O/c1-6-4-9(11)8-5-7(6)10(8,2)3/h6-9,11H,4-5H2,1-3H3/t6-,7?,8-,9?/m1/s1. The van der Waals surface area contributed by atoms with Crippen molar-refractivity contribution in [2.24, 2.45) is 23.2 Å². The van der Waals surface area contributed by atoms with Crippen LogP contribution in [0.25, 0.3) is 0 Å². The second-order valence-corrected chi connectivity index (χ2v) is 5.05. The zero-order valence-corrected chi connectivity index (χ0v) is 7.67. The van der Waals surface area contributed by atoms with E-state index in [-0.39, 0.29) is 6.10 Å². The summed E-state index contributed by atoms with van der Waals surface area (Å²) in [5.41, 5.74) is 0.428. The summed E-state index contributed by atoms with van der Waals surface area (Å²) in [6.45, 7) is 6.90. The van der Waals surface area contributed by atoms with Gasteiger partial charge in [0.05, 0.1) is 6.10 Å². The second kappa shape index (κ2) is 2.01. The van der Waals surface area contributed by atoms with Gasteiger partial charge in [-0.2, -0.15) is 0 Å². The third kappa shape index (κ3) is 0.807. The molecule has 3 saturated carbocycles. The maximum absolute atomic E-state index is 9.72. The molecule has 2 unspecified atom stereocenters. The summed E-state index contributed by atoms with van der Waals surface area (Å²) < 4.78 is 0. The van der Waals surface area contributed by atoms with Crippen molar-refractivity contribution in [3.05, 3.63) is 0 Å². The lowest BCUT2D eigenvalue weighted by atomic mass is 9.45. The van der Waals surface area contributed by atoms with Crippen LogP contribution < -0.4 is 0 Å². The summed E-state index contributed by atoms with van der Waals surface area (Å²) in [7, 11) is 0. The number of rotatable bonds is 0. The van der Waals surface area contributed by atoms with E-state index in [1.165, 1.54) is 6.42 Å². The Morgan fingerprint density at radius 2 is 1.82 bits per heavy atom. The first-order valence-corrected chi connectivity index (χ1v) is 4.71. The molecule has 3 aliphatic rings. The number of aliphatic hydroxyl groups excluding tert-OH is 1. The van der Waals surface area contributed by atoms with Crippen molar-refractivity contribution in [2.45, 2.75) is 39.7 Å². The minimum absolute atomic E-state index is 0.00926. The van der Waals surface area contributed by atoms with Crippen LogP contribution in [0.2, 0.25) is 0 Å². The Morgan fingerprint density at radius 3 is 2.18 bits per heavy atom. The molecule has 0 aliphatic heterocycles.